The zero-order valence-electron chi connectivity index (χ0n) is 18.1. The van der Waals surface area contributed by atoms with Crippen LogP contribution in [0.3, 0.4) is 0 Å². The van der Waals surface area contributed by atoms with Crippen LogP contribution >= 0.6 is 0 Å². The highest BCUT2D eigenvalue weighted by molar-refractivity contribution is 5.97. The van der Waals surface area contributed by atoms with Gasteiger partial charge in [0, 0.05) is 25.8 Å². The maximum atomic E-state index is 13.3. The first-order valence-electron chi connectivity index (χ1n) is 11.1. The molecule has 1 aromatic carbocycles. The van der Waals surface area contributed by atoms with Crippen molar-refractivity contribution in [2.45, 2.75) is 32.4 Å². The summed E-state index contributed by atoms with van der Waals surface area (Å²) >= 11 is 0. The molecule has 8 nitrogen and oxygen atoms in total. The van der Waals surface area contributed by atoms with Crippen LogP contribution in [0.25, 0.3) is 11.0 Å². The molecule has 1 atom stereocenters. The van der Waals surface area contributed by atoms with Crippen molar-refractivity contribution in [1.82, 2.24) is 20.0 Å². The third kappa shape index (κ3) is 3.87. The van der Waals surface area contributed by atoms with Gasteiger partial charge in [-0.05, 0) is 37.0 Å². The maximum Gasteiger partial charge on any atom is 0.271 e. The van der Waals surface area contributed by atoms with Crippen molar-refractivity contribution in [1.29, 1.82) is 0 Å². The lowest BCUT2D eigenvalue weighted by atomic mass is 10.1. The Hall–Kier alpha value is -3.23. The number of hydrazine groups is 1. The van der Waals surface area contributed by atoms with Crippen LogP contribution in [0.5, 0.6) is 0 Å². The first kappa shape index (κ1) is 20.7. The Kier molecular flexibility index (Phi) is 5.63. The number of nitrogens with one attached hydrogen (secondary N) is 2. The van der Waals surface area contributed by atoms with Gasteiger partial charge < -0.3 is 14.6 Å². The van der Waals surface area contributed by atoms with Gasteiger partial charge in [0.1, 0.15) is 11.2 Å². The standard InChI is InChI=1S/C24H27N5O3/c1-2-28-15-20(24(31)27-29-9-11-32-12-10-29)22(30)19-13-17(14-25-23(19)28)26-21-8-7-16-5-3-4-6-18(16)21/h3-6,13-15,21,26H,2,7-12H2,1H3,(H,27,31). The van der Waals surface area contributed by atoms with Gasteiger partial charge >= 0.3 is 0 Å². The Morgan fingerprint density at radius 1 is 1.25 bits per heavy atom. The number of hydrogen-bond donors (Lipinski definition) is 2. The predicted octanol–water partition coefficient (Wildman–Crippen LogP) is 2.49. The lowest BCUT2D eigenvalue weighted by Gasteiger charge is -2.27. The van der Waals surface area contributed by atoms with E-state index in [1.54, 1.807) is 17.4 Å². The van der Waals surface area contributed by atoms with Crippen LogP contribution in [0.1, 0.15) is 40.9 Å². The van der Waals surface area contributed by atoms with Crippen LogP contribution in [-0.2, 0) is 17.7 Å². The number of rotatable bonds is 5. The van der Waals surface area contributed by atoms with Gasteiger partial charge in [-0.2, -0.15) is 0 Å². The Bertz CT molecular complexity index is 1220. The van der Waals surface area contributed by atoms with E-state index in [1.807, 2.05) is 17.6 Å². The number of anilines is 1. The number of amides is 1. The van der Waals surface area contributed by atoms with Gasteiger partial charge in [0.05, 0.1) is 36.5 Å². The minimum atomic E-state index is -0.399. The number of carbonyl (C=O) groups excluding carboxylic acids is 1. The van der Waals surface area contributed by atoms with Gasteiger partial charge in [0.15, 0.2) is 0 Å². The van der Waals surface area contributed by atoms with Crippen molar-refractivity contribution in [3.8, 4) is 0 Å². The molecule has 0 spiro atoms. The largest absolute Gasteiger partial charge is 0.379 e. The summed E-state index contributed by atoms with van der Waals surface area (Å²) in [6.07, 6.45) is 5.40. The van der Waals surface area contributed by atoms with Crippen LogP contribution in [-0.4, -0.2) is 46.8 Å². The zero-order valence-corrected chi connectivity index (χ0v) is 18.1. The second-order valence-electron chi connectivity index (χ2n) is 8.23. The minimum Gasteiger partial charge on any atom is -0.379 e. The van der Waals surface area contributed by atoms with Crippen molar-refractivity contribution in [2.24, 2.45) is 0 Å². The topological polar surface area (TPSA) is 88.5 Å². The molecular weight excluding hydrogens is 406 g/mol. The van der Waals surface area contributed by atoms with Crippen molar-refractivity contribution in [3.63, 3.8) is 0 Å². The van der Waals surface area contributed by atoms with Crippen molar-refractivity contribution in [2.75, 3.05) is 31.6 Å². The number of pyridine rings is 2. The number of aryl methyl sites for hydroxylation is 2. The predicted molar refractivity (Wildman–Crippen MR) is 123 cm³/mol. The van der Waals surface area contributed by atoms with E-state index in [-0.39, 0.29) is 17.0 Å². The SMILES string of the molecule is CCn1cc(C(=O)NN2CCOCC2)c(=O)c2cc(NC3CCc4ccccc43)cnc21. The van der Waals surface area contributed by atoms with E-state index in [0.29, 0.717) is 43.9 Å². The zero-order chi connectivity index (χ0) is 22.1. The smallest absolute Gasteiger partial charge is 0.271 e. The molecule has 1 amide bonds. The molecule has 2 aliphatic rings. The lowest BCUT2D eigenvalue weighted by molar-refractivity contribution is 0.0126. The van der Waals surface area contributed by atoms with E-state index in [2.05, 4.69) is 40.0 Å². The Balaban J connectivity index is 1.47. The molecule has 32 heavy (non-hydrogen) atoms. The van der Waals surface area contributed by atoms with Crippen LogP contribution < -0.4 is 16.2 Å². The highest BCUT2D eigenvalue weighted by Gasteiger charge is 2.23. The third-order valence-electron chi connectivity index (χ3n) is 6.24. The quantitative estimate of drug-likeness (QED) is 0.643. The summed E-state index contributed by atoms with van der Waals surface area (Å²) in [5.41, 5.74) is 6.66. The normalized spacial score (nSPS) is 18.5. The molecule has 3 heterocycles. The van der Waals surface area contributed by atoms with Gasteiger partial charge in [0.2, 0.25) is 5.43 Å². The number of benzene rings is 1. The summed E-state index contributed by atoms with van der Waals surface area (Å²) in [5.74, 6) is -0.399. The first-order chi connectivity index (χ1) is 15.6. The second kappa shape index (κ2) is 8.72. The second-order valence-corrected chi connectivity index (χ2v) is 8.23. The van der Waals surface area contributed by atoms with Crippen molar-refractivity contribution >= 4 is 22.6 Å². The average Bonchev–Trinajstić information content (AvgIpc) is 3.23. The third-order valence-corrected chi connectivity index (χ3v) is 6.24. The number of hydrogen-bond acceptors (Lipinski definition) is 6. The molecular formula is C24H27N5O3. The summed E-state index contributed by atoms with van der Waals surface area (Å²) in [7, 11) is 0. The molecule has 1 aliphatic heterocycles. The number of morpholine rings is 1. The monoisotopic (exact) mass is 433 g/mol. The van der Waals surface area contributed by atoms with E-state index >= 15 is 0 Å². The number of ether oxygens (including phenoxy) is 1. The number of aromatic nitrogens is 2. The van der Waals surface area contributed by atoms with Gasteiger partial charge in [-0.15, -0.1) is 0 Å². The van der Waals surface area contributed by atoms with Crippen molar-refractivity contribution in [3.05, 3.63) is 69.6 Å². The van der Waals surface area contributed by atoms with E-state index in [0.717, 1.165) is 18.5 Å². The molecule has 2 aromatic heterocycles. The number of fused-ring (bicyclic) bond motifs is 2. The van der Waals surface area contributed by atoms with E-state index in [1.165, 1.54) is 11.1 Å². The van der Waals surface area contributed by atoms with Gasteiger partial charge in [-0.3, -0.25) is 15.0 Å². The molecule has 1 fully saturated rings. The molecule has 2 N–H and O–H groups in total. The van der Waals surface area contributed by atoms with Crippen LogP contribution in [0.2, 0.25) is 0 Å². The Morgan fingerprint density at radius 2 is 2.06 bits per heavy atom. The molecule has 1 saturated heterocycles. The highest BCUT2D eigenvalue weighted by Crippen LogP contribution is 2.33. The van der Waals surface area contributed by atoms with E-state index in [9.17, 15) is 9.59 Å². The summed E-state index contributed by atoms with van der Waals surface area (Å²) in [6, 6.07) is 10.4. The number of carbonyl (C=O) groups is 1. The highest BCUT2D eigenvalue weighted by atomic mass is 16.5. The number of nitrogens with zero attached hydrogens (tertiary/aromatic N) is 3. The summed E-state index contributed by atoms with van der Waals surface area (Å²) in [6.45, 7) is 4.88. The molecule has 0 saturated carbocycles. The molecule has 166 valence electrons. The summed E-state index contributed by atoms with van der Waals surface area (Å²) in [5, 5.41) is 5.77. The van der Waals surface area contributed by atoms with Gasteiger partial charge in [0.25, 0.3) is 5.91 Å². The van der Waals surface area contributed by atoms with Gasteiger partial charge in [-0.25, -0.2) is 9.99 Å². The molecule has 1 unspecified atom stereocenters. The fourth-order valence-electron chi connectivity index (χ4n) is 4.54. The van der Waals surface area contributed by atoms with Crippen LogP contribution in [0, 0.1) is 0 Å². The Morgan fingerprint density at radius 3 is 2.88 bits per heavy atom. The van der Waals surface area contributed by atoms with Crippen LogP contribution in [0.15, 0.2) is 47.5 Å². The minimum absolute atomic E-state index is 0.121. The average molecular weight is 434 g/mol. The molecule has 0 radical (unpaired) electrons. The van der Waals surface area contributed by atoms with Crippen molar-refractivity contribution < 1.29 is 9.53 Å². The fraction of sp³-hybridized carbons (Fsp3) is 0.375. The fourth-order valence-corrected chi connectivity index (χ4v) is 4.54. The Labute approximate surface area is 186 Å². The molecule has 5 rings (SSSR count). The summed E-state index contributed by atoms with van der Waals surface area (Å²) in [4.78, 5) is 30.8. The van der Waals surface area contributed by atoms with Crippen LogP contribution in [0.4, 0.5) is 5.69 Å². The lowest BCUT2D eigenvalue weighted by Crippen LogP contribution is -2.49. The molecule has 3 aromatic rings. The maximum absolute atomic E-state index is 13.3. The first-order valence-corrected chi connectivity index (χ1v) is 11.1. The van der Waals surface area contributed by atoms with E-state index < -0.39 is 5.91 Å². The van der Waals surface area contributed by atoms with E-state index in [4.69, 9.17) is 4.74 Å². The molecule has 1 aliphatic carbocycles. The molecule has 0 bridgehead atoms. The van der Waals surface area contributed by atoms with Gasteiger partial charge in [-0.1, -0.05) is 24.3 Å². The molecule has 8 heteroatoms. The summed E-state index contributed by atoms with van der Waals surface area (Å²) < 4.78 is 7.17.